The Morgan fingerprint density at radius 1 is 1.55 bits per heavy atom. The van der Waals surface area contributed by atoms with Crippen molar-refractivity contribution in [3.05, 3.63) is 28.7 Å². The van der Waals surface area contributed by atoms with Crippen molar-refractivity contribution in [2.45, 2.75) is 0 Å². The van der Waals surface area contributed by atoms with Crippen molar-refractivity contribution in [1.29, 1.82) is 0 Å². The van der Waals surface area contributed by atoms with E-state index in [0.29, 0.717) is 0 Å². The molecule has 4 heteroatoms. The van der Waals surface area contributed by atoms with Crippen LogP contribution in [0.25, 0.3) is 10.6 Å². The second kappa shape index (κ2) is 2.68. The fraction of sp³-hybridized carbons (Fsp3) is 0. The minimum Gasteiger partial charge on any atom is -0.277 e. The summed E-state index contributed by atoms with van der Waals surface area (Å²) in [6.07, 6.45) is 1.73. The number of thiophene rings is 1. The zero-order valence-electron chi connectivity index (χ0n) is 5.54. The fourth-order valence-electron chi connectivity index (χ4n) is 0.847. The number of aromatic nitrogens is 2. The van der Waals surface area contributed by atoms with Crippen molar-refractivity contribution in [2.24, 2.45) is 0 Å². The molecule has 0 atom stereocenters. The predicted molar refractivity (Wildman–Crippen MR) is 46.9 cm³/mol. The zero-order chi connectivity index (χ0) is 7.68. The normalized spacial score (nSPS) is 10.3. The van der Waals surface area contributed by atoms with Gasteiger partial charge in [-0.2, -0.15) is 5.10 Å². The first-order valence-electron chi connectivity index (χ1n) is 3.10. The molecule has 2 aromatic heterocycles. The monoisotopic (exact) mass is 184 g/mol. The van der Waals surface area contributed by atoms with E-state index in [2.05, 4.69) is 10.2 Å². The molecule has 0 unspecified atom stereocenters. The van der Waals surface area contributed by atoms with Gasteiger partial charge in [0.1, 0.15) is 0 Å². The Morgan fingerprint density at radius 2 is 2.45 bits per heavy atom. The summed E-state index contributed by atoms with van der Waals surface area (Å²) in [5.41, 5.74) is 1.02. The summed E-state index contributed by atoms with van der Waals surface area (Å²) in [6, 6.07) is 3.84. The van der Waals surface area contributed by atoms with Crippen molar-refractivity contribution in [1.82, 2.24) is 10.2 Å². The van der Waals surface area contributed by atoms with Gasteiger partial charge < -0.3 is 0 Å². The Kier molecular flexibility index (Phi) is 1.68. The van der Waals surface area contributed by atoms with Gasteiger partial charge in [0.25, 0.3) is 0 Å². The second-order valence-corrected chi connectivity index (χ2v) is 3.45. The summed E-state index contributed by atoms with van der Waals surface area (Å²) in [5.74, 6) is 0. The standard InChI is InChI=1S/C7H5ClN2S/c8-5-3-7(11-4-5)6-1-2-9-10-6/h1-4H,(H,9,10). The fourth-order valence-corrected chi connectivity index (χ4v) is 1.90. The highest BCUT2D eigenvalue weighted by molar-refractivity contribution is 7.14. The smallest absolute Gasteiger partial charge is 0.0750 e. The number of hydrogen-bond acceptors (Lipinski definition) is 2. The van der Waals surface area contributed by atoms with Gasteiger partial charge in [0, 0.05) is 11.6 Å². The summed E-state index contributed by atoms with van der Waals surface area (Å²) in [7, 11) is 0. The van der Waals surface area contributed by atoms with Crippen molar-refractivity contribution >= 4 is 22.9 Å². The highest BCUT2D eigenvalue weighted by atomic mass is 35.5. The SMILES string of the molecule is Clc1csc(-c2ccn[nH]2)c1. The van der Waals surface area contributed by atoms with Gasteiger partial charge in [-0.15, -0.1) is 11.3 Å². The molecule has 0 aromatic carbocycles. The maximum Gasteiger partial charge on any atom is 0.0750 e. The van der Waals surface area contributed by atoms with Gasteiger partial charge >= 0.3 is 0 Å². The average Bonchev–Trinajstić information content (AvgIpc) is 2.55. The Balaban J connectivity index is 2.45. The van der Waals surface area contributed by atoms with Crippen LogP contribution in [-0.2, 0) is 0 Å². The summed E-state index contributed by atoms with van der Waals surface area (Å²) in [6.45, 7) is 0. The molecule has 1 N–H and O–H groups in total. The largest absolute Gasteiger partial charge is 0.277 e. The van der Waals surface area contributed by atoms with Crippen molar-refractivity contribution in [3.8, 4) is 10.6 Å². The molecule has 0 bridgehead atoms. The van der Waals surface area contributed by atoms with Crippen LogP contribution in [0.2, 0.25) is 5.02 Å². The van der Waals surface area contributed by atoms with Gasteiger partial charge in [-0.3, -0.25) is 5.10 Å². The molecule has 0 aliphatic rings. The maximum atomic E-state index is 5.75. The number of rotatable bonds is 1. The van der Waals surface area contributed by atoms with E-state index >= 15 is 0 Å². The van der Waals surface area contributed by atoms with Crippen LogP contribution < -0.4 is 0 Å². The van der Waals surface area contributed by atoms with Crippen LogP contribution in [0.3, 0.4) is 0 Å². The Morgan fingerprint density at radius 3 is 3.00 bits per heavy atom. The molecule has 2 heterocycles. The topological polar surface area (TPSA) is 28.7 Å². The molecular formula is C7H5ClN2S. The highest BCUT2D eigenvalue weighted by Crippen LogP contribution is 2.27. The molecule has 0 radical (unpaired) electrons. The number of halogens is 1. The molecule has 0 saturated heterocycles. The molecule has 0 spiro atoms. The first-order valence-corrected chi connectivity index (χ1v) is 4.36. The summed E-state index contributed by atoms with van der Waals surface area (Å²) < 4.78 is 0. The van der Waals surface area contributed by atoms with E-state index in [1.807, 2.05) is 17.5 Å². The van der Waals surface area contributed by atoms with E-state index < -0.39 is 0 Å². The third-order valence-electron chi connectivity index (χ3n) is 1.33. The second-order valence-electron chi connectivity index (χ2n) is 2.10. The van der Waals surface area contributed by atoms with Gasteiger partial charge in [0.2, 0.25) is 0 Å². The van der Waals surface area contributed by atoms with Crippen LogP contribution in [0.15, 0.2) is 23.7 Å². The number of hydrogen-bond donors (Lipinski definition) is 1. The van der Waals surface area contributed by atoms with Crippen molar-refractivity contribution < 1.29 is 0 Å². The van der Waals surface area contributed by atoms with E-state index in [-0.39, 0.29) is 0 Å². The lowest BCUT2D eigenvalue weighted by Gasteiger charge is -1.85. The number of aromatic amines is 1. The molecule has 56 valence electrons. The van der Waals surface area contributed by atoms with E-state index in [0.717, 1.165) is 15.6 Å². The van der Waals surface area contributed by atoms with Crippen LogP contribution in [-0.4, -0.2) is 10.2 Å². The van der Waals surface area contributed by atoms with Crippen LogP contribution in [0, 0.1) is 0 Å². The predicted octanol–water partition coefficient (Wildman–Crippen LogP) is 2.79. The average molecular weight is 185 g/mol. The lowest BCUT2D eigenvalue weighted by molar-refractivity contribution is 1.10. The van der Waals surface area contributed by atoms with E-state index in [1.165, 1.54) is 0 Å². The highest BCUT2D eigenvalue weighted by Gasteiger charge is 2.00. The molecule has 0 fully saturated rings. The van der Waals surface area contributed by atoms with Gasteiger partial charge in [-0.1, -0.05) is 11.6 Å². The van der Waals surface area contributed by atoms with E-state index in [4.69, 9.17) is 11.6 Å². The van der Waals surface area contributed by atoms with Crippen LogP contribution >= 0.6 is 22.9 Å². The lowest BCUT2D eigenvalue weighted by Crippen LogP contribution is -1.69. The van der Waals surface area contributed by atoms with Gasteiger partial charge in [-0.05, 0) is 12.1 Å². The lowest BCUT2D eigenvalue weighted by atomic mass is 10.3. The van der Waals surface area contributed by atoms with Gasteiger partial charge in [-0.25, -0.2) is 0 Å². The molecule has 0 amide bonds. The minimum absolute atomic E-state index is 0.777. The molecule has 2 rings (SSSR count). The Labute approximate surface area is 72.8 Å². The van der Waals surface area contributed by atoms with Crippen LogP contribution in [0.5, 0.6) is 0 Å². The van der Waals surface area contributed by atoms with E-state index in [9.17, 15) is 0 Å². The number of nitrogens with one attached hydrogen (secondary N) is 1. The quantitative estimate of drug-likeness (QED) is 0.726. The summed E-state index contributed by atoms with van der Waals surface area (Å²) >= 11 is 7.36. The van der Waals surface area contributed by atoms with E-state index in [1.54, 1.807) is 17.5 Å². The maximum absolute atomic E-state index is 5.75. The Bertz CT molecular complexity index is 339. The number of H-pyrrole nitrogens is 1. The summed E-state index contributed by atoms with van der Waals surface area (Å²) in [5, 5.41) is 9.39. The first kappa shape index (κ1) is 6.88. The summed E-state index contributed by atoms with van der Waals surface area (Å²) in [4.78, 5) is 1.12. The molecule has 0 aliphatic heterocycles. The van der Waals surface area contributed by atoms with Crippen LogP contribution in [0.4, 0.5) is 0 Å². The van der Waals surface area contributed by atoms with Crippen molar-refractivity contribution in [2.75, 3.05) is 0 Å². The van der Waals surface area contributed by atoms with Gasteiger partial charge in [0.15, 0.2) is 0 Å². The molecule has 0 aliphatic carbocycles. The van der Waals surface area contributed by atoms with Crippen molar-refractivity contribution in [3.63, 3.8) is 0 Å². The number of nitrogens with zero attached hydrogens (tertiary/aromatic N) is 1. The third-order valence-corrected chi connectivity index (χ3v) is 2.64. The van der Waals surface area contributed by atoms with Crippen LogP contribution in [0.1, 0.15) is 0 Å². The zero-order valence-corrected chi connectivity index (χ0v) is 7.12. The molecular weight excluding hydrogens is 180 g/mol. The molecule has 2 aromatic rings. The molecule has 0 saturated carbocycles. The Hall–Kier alpha value is -0.800. The molecule has 11 heavy (non-hydrogen) atoms. The minimum atomic E-state index is 0.777. The van der Waals surface area contributed by atoms with Gasteiger partial charge in [0.05, 0.1) is 15.6 Å². The third kappa shape index (κ3) is 1.29. The first-order chi connectivity index (χ1) is 5.36. The molecule has 2 nitrogen and oxygen atoms in total.